The van der Waals surface area contributed by atoms with Crippen molar-refractivity contribution in [2.45, 2.75) is 12.1 Å². The number of hydrogen-bond acceptors (Lipinski definition) is 6. The second-order valence-corrected chi connectivity index (χ2v) is 6.12. The van der Waals surface area contributed by atoms with E-state index in [4.69, 9.17) is 9.84 Å². The first-order chi connectivity index (χ1) is 7.50. The molecule has 0 aliphatic carbocycles. The van der Waals surface area contributed by atoms with Crippen LogP contribution in [0.15, 0.2) is 0 Å². The number of sulfone groups is 1. The summed E-state index contributed by atoms with van der Waals surface area (Å²) in [5, 5.41) is 18.6. The van der Waals surface area contributed by atoms with Crippen LogP contribution < -0.4 is 0 Å². The first-order valence-electron chi connectivity index (χ1n) is 5.22. The first-order valence-corrected chi connectivity index (χ1v) is 7.04. The summed E-state index contributed by atoms with van der Waals surface area (Å²) < 4.78 is 27.6. The SMILES string of the molecule is COCCN(CCO)C1CS(=O)(=O)CC1O. The predicted octanol–water partition coefficient (Wildman–Crippen LogP) is -1.91. The summed E-state index contributed by atoms with van der Waals surface area (Å²) in [5.74, 6) is -0.232. The smallest absolute Gasteiger partial charge is 0.154 e. The lowest BCUT2D eigenvalue weighted by atomic mass is 10.2. The van der Waals surface area contributed by atoms with Gasteiger partial charge in [-0.2, -0.15) is 0 Å². The van der Waals surface area contributed by atoms with Gasteiger partial charge in [0.15, 0.2) is 9.84 Å². The van der Waals surface area contributed by atoms with E-state index in [0.29, 0.717) is 19.7 Å². The summed E-state index contributed by atoms with van der Waals surface area (Å²) in [6.45, 7) is 1.24. The van der Waals surface area contributed by atoms with Crippen LogP contribution in [0.1, 0.15) is 0 Å². The molecule has 1 fully saturated rings. The molecule has 96 valence electrons. The number of aliphatic hydroxyl groups is 2. The second-order valence-electron chi connectivity index (χ2n) is 3.96. The van der Waals surface area contributed by atoms with Crippen LogP contribution in [0.3, 0.4) is 0 Å². The molecule has 16 heavy (non-hydrogen) atoms. The van der Waals surface area contributed by atoms with Crippen LogP contribution in [0.5, 0.6) is 0 Å². The number of rotatable bonds is 6. The van der Waals surface area contributed by atoms with Crippen LogP contribution in [0.25, 0.3) is 0 Å². The summed E-state index contributed by atoms with van der Waals surface area (Å²) >= 11 is 0. The van der Waals surface area contributed by atoms with Crippen LogP contribution in [0.2, 0.25) is 0 Å². The van der Waals surface area contributed by atoms with E-state index in [2.05, 4.69) is 0 Å². The minimum absolute atomic E-state index is 0.0438. The average molecular weight is 253 g/mol. The van der Waals surface area contributed by atoms with E-state index in [0.717, 1.165) is 0 Å². The van der Waals surface area contributed by atoms with Crippen molar-refractivity contribution >= 4 is 9.84 Å². The van der Waals surface area contributed by atoms with E-state index in [1.54, 1.807) is 12.0 Å². The van der Waals surface area contributed by atoms with Crippen molar-refractivity contribution in [3.8, 4) is 0 Å². The van der Waals surface area contributed by atoms with Gasteiger partial charge < -0.3 is 14.9 Å². The molecule has 1 saturated heterocycles. The standard InChI is InChI=1S/C9H19NO5S/c1-15-5-3-10(2-4-11)8-6-16(13,14)7-9(8)12/h8-9,11-12H,2-7H2,1H3. The Kier molecular flexibility index (Phi) is 5.13. The van der Waals surface area contributed by atoms with E-state index in [9.17, 15) is 13.5 Å². The lowest BCUT2D eigenvalue weighted by Crippen LogP contribution is -2.46. The minimum Gasteiger partial charge on any atom is -0.395 e. The van der Waals surface area contributed by atoms with Gasteiger partial charge in [-0.25, -0.2) is 8.42 Å². The summed E-state index contributed by atoms with van der Waals surface area (Å²) in [7, 11) is -1.59. The molecule has 6 nitrogen and oxygen atoms in total. The highest BCUT2D eigenvalue weighted by Crippen LogP contribution is 2.18. The van der Waals surface area contributed by atoms with Crippen molar-refractivity contribution in [3.05, 3.63) is 0 Å². The summed E-state index contributed by atoms with van der Waals surface area (Å²) in [4.78, 5) is 1.76. The van der Waals surface area contributed by atoms with Crippen molar-refractivity contribution < 1.29 is 23.4 Å². The van der Waals surface area contributed by atoms with Gasteiger partial charge in [-0.1, -0.05) is 0 Å². The van der Waals surface area contributed by atoms with Crippen LogP contribution >= 0.6 is 0 Å². The number of aliphatic hydroxyl groups excluding tert-OH is 2. The molecule has 0 aromatic rings. The van der Waals surface area contributed by atoms with E-state index in [1.807, 2.05) is 0 Å². The molecule has 0 spiro atoms. The highest BCUT2D eigenvalue weighted by molar-refractivity contribution is 7.91. The summed E-state index contributed by atoms with van der Waals surface area (Å²) in [6, 6.07) is -0.424. The molecule has 0 saturated carbocycles. The van der Waals surface area contributed by atoms with Gasteiger partial charge in [0.25, 0.3) is 0 Å². The maximum Gasteiger partial charge on any atom is 0.154 e. The molecule has 7 heteroatoms. The molecule has 1 heterocycles. The third-order valence-electron chi connectivity index (χ3n) is 2.73. The average Bonchev–Trinajstić information content (AvgIpc) is 2.47. The van der Waals surface area contributed by atoms with Gasteiger partial charge in [0.05, 0.1) is 36.9 Å². The van der Waals surface area contributed by atoms with Gasteiger partial charge in [-0.05, 0) is 0 Å². The van der Waals surface area contributed by atoms with Gasteiger partial charge in [-0.15, -0.1) is 0 Å². The highest BCUT2D eigenvalue weighted by Gasteiger charge is 2.39. The first kappa shape index (κ1) is 13.9. The third kappa shape index (κ3) is 3.67. The lowest BCUT2D eigenvalue weighted by Gasteiger charge is -2.28. The van der Waals surface area contributed by atoms with Crippen molar-refractivity contribution in [3.63, 3.8) is 0 Å². The Labute approximate surface area is 95.7 Å². The van der Waals surface area contributed by atoms with Crippen LogP contribution in [0.4, 0.5) is 0 Å². The second kappa shape index (κ2) is 5.92. The molecular weight excluding hydrogens is 234 g/mol. The Hall–Kier alpha value is -0.210. The zero-order valence-electron chi connectivity index (χ0n) is 9.37. The maximum atomic E-state index is 11.4. The van der Waals surface area contributed by atoms with Gasteiger partial charge in [0, 0.05) is 20.2 Å². The molecule has 0 amide bonds. The van der Waals surface area contributed by atoms with Crippen LogP contribution in [-0.4, -0.2) is 80.6 Å². The van der Waals surface area contributed by atoms with Crippen molar-refractivity contribution in [1.29, 1.82) is 0 Å². The van der Waals surface area contributed by atoms with Gasteiger partial charge in [-0.3, -0.25) is 4.90 Å². The molecule has 2 N–H and O–H groups in total. The fourth-order valence-corrected chi connectivity index (χ4v) is 3.77. The minimum atomic E-state index is -3.15. The topological polar surface area (TPSA) is 87.1 Å². The zero-order valence-corrected chi connectivity index (χ0v) is 10.2. The highest BCUT2D eigenvalue weighted by atomic mass is 32.2. The van der Waals surface area contributed by atoms with Crippen LogP contribution in [-0.2, 0) is 14.6 Å². The molecule has 0 radical (unpaired) electrons. The van der Waals surface area contributed by atoms with Gasteiger partial charge in [0.2, 0.25) is 0 Å². The molecule has 1 aliphatic rings. The fraction of sp³-hybridized carbons (Fsp3) is 1.00. The molecule has 0 aromatic carbocycles. The Morgan fingerprint density at radius 2 is 2.06 bits per heavy atom. The molecular formula is C9H19NO5S. The summed E-state index contributed by atoms with van der Waals surface area (Å²) in [6.07, 6.45) is -0.867. The van der Waals surface area contributed by atoms with E-state index < -0.39 is 22.0 Å². The zero-order chi connectivity index (χ0) is 12.2. The fourth-order valence-electron chi connectivity index (χ4n) is 1.94. The number of nitrogens with zero attached hydrogens (tertiary/aromatic N) is 1. The van der Waals surface area contributed by atoms with E-state index in [1.165, 1.54) is 0 Å². The summed E-state index contributed by atoms with van der Waals surface area (Å²) in [5.41, 5.74) is 0. The largest absolute Gasteiger partial charge is 0.395 e. The Balaban J connectivity index is 2.63. The molecule has 0 aromatic heterocycles. The molecule has 2 atom stereocenters. The molecule has 0 bridgehead atoms. The van der Waals surface area contributed by atoms with E-state index in [-0.39, 0.29) is 18.1 Å². The van der Waals surface area contributed by atoms with Crippen molar-refractivity contribution in [2.75, 3.05) is 44.9 Å². The van der Waals surface area contributed by atoms with Crippen molar-refractivity contribution in [2.24, 2.45) is 0 Å². The molecule has 1 rings (SSSR count). The number of hydrogen-bond donors (Lipinski definition) is 2. The van der Waals surface area contributed by atoms with Crippen molar-refractivity contribution in [1.82, 2.24) is 4.90 Å². The Morgan fingerprint density at radius 1 is 1.38 bits per heavy atom. The van der Waals surface area contributed by atoms with Crippen LogP contribution in [0, 0.1) is 0 Å². The Bertz CT molecular complexity index is 305. The maximum absolute atomic E-state index is 11.4. The predicted molar refractivity (Wildman–Crippen MR) is 59.0 cm³/mol. The number of methoxy groups -OCH3 is 1. The molecule has 1 aliphatic heterocycles. The molecule has 2 unspecified atom stereocenters. The quantitative estimate of drug-likeness (QED) is 0.574. The van der Waals surface area contributed by atoms with Gasteiger partial charge >= 0.3 is 0 Å². The monoisotopic (exact) mass is 253 g/mol. The Morgan fingerprint density at radius 3 is 2.50 bits per heavy atom. The lowest BCUT2D eigenvalue weighted by molar-refractivity contribution is 0.0512. The van der Waals surface area contributed by atoms with Gasteiger partial charge in [0.1, 0.15) is 0 Å². The normalized spacial score (nSPS) is 28.8. The third-order valence-corrected chi connectivity index (χ3v) is 4.43. The number of ether oxygens (including phenoxy) is 1. The van der Waals surface area contributed by atoms with E-state index >= 15 is 0 Å².